The summed E-state index contributed by atoms with van der Waals surface area (Å²) in [5.41, 5.74) is 1.32. The first-order valence-corrected chi connectivity index (χ1v) is 16.0. The van der Waals surface area contributed by atoms with Crippen molar-refractivity contribution < 1.29 is 17.9 Å². The number of ketones is 1. The number of Topliss-reactive ketones (excluding diaryl/α,β-unsaturated/α-hetero) is 1. The fourth-order valence-electron chi connectivity index (χ4n) is 7.22. The Balaban J connectivity index is 1.21. The summed E-state index contributed by atoms with van der Waals surface area (Å²) in [5.74, 6) is 3.70. The van der Waals surface area contributed by atoms with Crippen LogP contribution in [0.2, 0.25) is 0 Å². The molecule has 1 aliphatic carbocycles. The highest BCUT2D eigenvalue weighted by atomic mass is 32.2. The average molecular weight is 548 g/mol. The number of rotatable bonds is 11. The summed E-state index contributed by atoms with van der Waals surface area (Å²) < 4.78 is 33.1. The molecule has 8 heteroatoms. The molecule has 1 saturated carbocycles. The van der Waals surface area contributed by atoms with Crippen molar-refractivity contribution in [3.63, 3.8) is 0 Å². The van der Waals surface area contributed by atoms with E-state index in [0.29, 0.717) is 34.1 Å². The fraction of sp³-hybridized carbons (Fsp3) is 0.767. The number of carbonyl (C=O) groups excluding carboxylic acids is 1. The zero-order valence-corrected chi connectivity index (χ0v) is 25.1. The van der Waals surface area contributed by atoms with E-state index < -0.39 is 10.0 Å². The summed E-state index contributed by atoms with van der Waals surface area (Å²) in [4.78, 5) is 18.4. The van der Waals surface area contributed by atoms with E-state index in [1.807, 2.05) is 0 Å². The Morgan fingerprint density at radius 2 is 1.76 bits per heavy atom. The van der Waals surface area contributed by atoms with Crippen LogP contribution < -0.4 is 4.74 Å². The number of fused-ring (bicyclic) bond motifs is 1. The van der Waals surface area contributed by atoms with Gasteiger partial charge in [-0.1, -0.05) is 0 Å². The van der Waals surface area contributed by atoms with Gasteiger partial charge in [-0.05, 0) is 126 Å². The molecule has 3 fully saturated rings. The van der Waals surface area contributed by atoms with E-state index in [4.69, 9.17) is 4.74 Å². The summed E-state index contributed by atoms with van der Waals surface area (Å²) in [5, 5.41) is 0. The van der Waals surface area contributed by atoms with Crippen molar-refractivity contribution >= 4 is 15.8 Å². The number of hydrogen-bond donors (Lipinski definition) is 0. The van der Waals surface area contributed by atoms with E-state index in [0.717, 1.165) is 30.6 Å². The van der Waals surface area contributed by atoms with Crippen molar-refractivity contribution in [2.45, 2.75) is 70.1 Å². The van der Waals surface area contributed by atoms with Crippen molar-refractivity contribution in [2.24, 2.45) is 23.7 Å². The second-order valence-electron chi connectivity index (χ2n) is 12.4. The van der Waals surface area contributed by atoms with Crippen LogP contribution in [0.1, 0.15) is 62.5 Å². The lowest BCUT2D eigenvalue weighted by atomic mass is 9.69. The molecule has 214 valence electrons. The molecule has 3 aliphatic rings. The first kappa shape index (κ1) is 29.5. The van der Waals surface area contributed by atoms with Gasteiger partial charge in [-0.25, -0.2) is 12.7 Å². The van der Waals surface area contributed by atoms with Crippen LogP contribution >= 0.6 is 0 Å². The van der Waals surface area contributed by atoms with Gasteiger partial charge >= 0.3 is 0 Å². The molecule has 0 radical (unpaired) electrons. The molecule has 7 nitrogen and oxygen atoms in total. The van der Waals surface area contributed by atoms with Crippen LogP contribution in [0.15, 0.2) is 17.0 Å². The van der Waals surface area contributed by atoms with Crippen LogP contribution in [0.5, 0.6) is 5.75 Å². The van der Waals surface area contributed by atoms with Crippen molar-refractivity contribution in [2.75, 3.05) is 60.5 Å². The number of methoxy groups -OCH3 is 1. The third-order valence-electron chi connectivity index (χ3n) is 9.46. The van der Waals surface area contributed by atoms with Crippen LogP contribution in [-0.2, 0) is 14.8 Å². The molecule has 0 bridgehead atoms. The number of aryl methyl sites for hydroxylation is 2. The number of nitrogens with zero attached hydrogens (tertiary/aromatic N) is 3. The molecule has 0 spiro atoms. The topological polar surface area (TPSA) is 70.2 Å². The van der Waals surface area contributed by atoms with E-state index in [-0.39, 0.29) is 18.7 Å². The highest BCUT2D eigenvalue weighted by Crippen LogP contribution is 2.40. The Hall–Kier alpha value is -1.48. The van der Waals surface area contributed by atoms with Crippen molar-refractivity contribution in [3.05, 3.63) is 23.3 Å². The van der Waals surface area contributed by atoms with E-state index in [9.17, 15) is 13.2 Å². The Morgan fingerprint density at radius 1 is 1.03 bits per heavy atom. The minimum Gasteiger partial charge on any atom is -0.497 e. The van der Waals surface area contributed by atoms with Crippen molar-refractivity contribution in [1.29, 1.82) is 0 Å². The number of carbonyl (C=O) groups is 1. The van der Waals surface area contributed by atoms with Gasteiger partial charge in [0.1, 0.15) is 11.5 Å². The summed E-state index contributed by atoms with van der Waals surface area (Å²) in [7, 11) is 1.72. The van der Waals surface area contributed by atoms with Gasteiger partial charge in [0.25, 0.3) is 0 Å². The van der Waals surface area contributed by atoms with Gasteiger partial charge in [0.2, 0.25) is 10.0 Å². The fourth-order valence-corrected chi connectivity index (χ4v) is 8.80. The van der Waals surface area contributed by atoms with Crippen molar-refractivity contribution in [3.8, 4) is 5.75 Å². The lowest BCUT2D eigenvalue weighted by molar-refractivity contribution is -0.120. The molecule has 2 saturated heterocycles. The predicted octanol–water partition coefficient (Wildman–Crippen LogP) is 4.36. The first-order chi connectivity index (χ1) is 18.1. The normalized spacial score (nSPS) is 27.0. The molecular weight excluding hydrogens is 498 g/mol. The first-order valence-electron chi connectivity index (χ1n) is 14.6. The summed E-state index contributed by atoms with van der Waals surface area (Å²) in [6.45, 7) is 10.00. The second-order valence-corrected chi connectivity index (χ2v) is 14.4. The standard InChI is InChI=1S/C30H49N3O4S/c1-22-16-29(37-5)17-23(2)30(22)38(35,36)32(4)13-11-28(34)19-25-6-7-27-21-33(15-10-26(27)18-25)14-9-24-8-12-31(3)20-24/h16-17,24-27H,6-15,18-21H2,1-5H3. The number of sulfonamides is 1. The van der Waals surface area contributed by atoms with Crippen LogP contribution in [0.3, 0.4) is 0 Å². The number of piperidine rings is 1. The summed E-state index contributed by atoms with van der Waals surface area (Å²) >= 11 is 0. The molecular formula is C30H49N3O4S. The molecule has 0 aromatic heterocycles. The van der Waals surface area contributed by atoms with E-state index in [1.54, 1.807) is 40.1 Å². The lowest BCUT2D eigenvalue weighted by Crippen LogP contribution is -2.44. The third kappa shape index (κ3) is 7.18. The highest BCUT2D eigenvalue weighted by molar-refractivity contribution is 7.89. The monoisotopic (exact) mass is 547 g/mol. The van der Waals surface area contributed by atoms with Gasteiger partial charge in [-0.2, -0.15) is 0 Å². The van der Waals surface area contributed by atoms with Gasteiger partial charge < -0.3 is 14.5 Å². The SMILES string of the molecule is COc1cc(C)c(S(=O)(=O)N(C)CCC(=O)CC2CCC3CN(CCC4CCN(C)C4)CCC3C2)c(C)c1. The molecule has 4 rings (SSSR count). The number of hydrogen-bond acceptors (Lipinski definition) is 6. The van der Waals surface area contributed by atoms with Gasteiger partial charge in [-0.3, -0.25) is 4.79 Å². The quantitative estimate of drug-likeness (QED) is 0.410. The lowest BCUT2D eigenvalue weighted by Gasteiger charge is -2.44. The van der Waals surface area contributed by atoms with Crippen molar-refractivity contribution in [1.82, 2.24) is 14.1 Å². The van der Waals surface area contributed by atoms with Gasteiger partial charge in [0.15, 0.2) is 0 Å². The zero-order valence-electron chi connectivity index (χ0n) is 24.2. The second kappa shape index (κ2) is 12.8. The molecule has 2 heterocycles. The van der Waals surface area contributed by atoms with E-state index in [2.05, 4.69) is 16.8 Å². The Kier molecular flexibility index (Phi) is 9.93. The molecule has 1 aromatic carbocycles. The smallest absolute Gasteiger partial charge is 0.243 e. The number of benzene rings is 1. The summed E-state index contributed by atoms with van der Waals surface area (Å²) in [6, 6.07) is 3.49. The molecule has 2 aliphatic heterocycles. The number of likely N-dealkylation sites (tertiary alicyclic amines) is 2. The van der Waals surface area contributed by atoms with Gasteiger partial charge in [-0.15, -0.1) is 0 Å². The maximum absolute atomic E-state index is 13.3. The summed E-state index contributed by atoms with van der Waals surface area (Å²) in [6.07, 6.45) is 8.35. The largest absolute Gasteiger partial charge is 0.497 e. The van der Waals surface area contributed by atoms with Gasteiger partial charge in [0.05, 0.1) is 12.0 Å². The van der Waals surface area contributed by atoms with E-state index >= 15 is 0 Å². The number of ether oxygens (including phenoxy) is 1. The molecule has 1 aromatic rings. The molecule has 4 unspecified atom stereocenters. The predicted molar refractivity (Wildman–Crippen MR) is 152 cm³/mol. The van der Waals surface area contributed by atoms with Gasteiger partial charge in [0, 0.05) is 39.5 Å². The molecule has 0 amide bonds. The van der Waals surface area contributed by atoms with Crippen LogP contribution in [-0.4, -0.2) is 88.8 Å². The van der Waals surface area contributed by atoms with Crippen LogP contribution in [0, 0.1) is 37.5 Å². The average Bonchev–Trinajstić information content (AvgIpc) is 3.30. The molecule has 0 N–H and O–H groups in total. The molecule has 38 heavy (non-hydrogen) atoms. The molecule has 4 atom stereocenters. The van der Waals surface area contributed by atoms with E-state index in [1.165, 1.54) is 62.7 Å². The van der Waals surface area contributed by atoms with Crippen LogP contribution in [0.25, 0.3) is 0 Å². The maximum Gasteiger partial charge on any atom is 0.243 e. The minimum atomic E-state index is -3.67. The highest BCUT2D eigenvalue weighted by Gasteiger charge is 2.36. The Morgan fingerprint density at radius 3 is 2.42 bits per heavy atom. The Labute approximate surface area is 230 Å². The Bertz CT molecular complexity index is 1050. The third-order valence-corrected chi connectivity index (χ3v) is 11.6. The maximum atomic E-state index is 13.3. The van der Waals surface area contributed by atoms with Crippen LogP contribution in [0.4, 0.5) is 0 Å². The zero-order chi connectivity index (χ0) is 27.4. The minimum absolute atomic E-state index is 0.192.